The lowest BCUT2D eigenvalue weighted by Crippen LogP contribution is -2.26. The number of nitriles is 1. The zero-order valence-corrected chi connectivity index (χ0v) is 15.2. The molecule has 0 unspecified atom stereocenters. The average molecular weight is 384 g/mol. The largest absolute Gasteiger partial charge is 0.361 e. The number of hydrogen-bond acceptors (Lipinski definition) is 2. The van der Waals surface area contributed by atoms with Crippen molar-refractivity contribution in [3.8, 4) is 6.07 Å². The van der Waals surface area contributed by atoms with E-state index in [9.17, 15) is 10.1 Å². The quantitative estimate of drug-likeness (QED) is 0.493. The summed E-state index contributed by atoms with van der Waals surface area (Å²) in [6.45, 7) is 0.432. The Bertz CT molecular complexity index is 1030. The molecule has 3 aromatic rings. The van der Waals surface area contributed by atoms with Crippen LogP contribution < -0.4 is 5.32 Å². The molecular weight excluding hydrogens is 369 g/mol. The maximum absolute atomic E-state index is 12.3. The van der Waals surface area contributed by atoms with Gasteiger partial charge in [0.15, 0.2) is 0 Å². The van der Waals surface area contributed by atoms with Crippen LogP contribution in [0.4, 0.5) is 0 Å². The number of rotatable bonds is 5. The SMILES string of the molecule is N#C/C(=C/c1ccc(Cl)c(Cl)c1)C(=O)NCCc1c[nH]c2ccccc12. The minimum Gasteiger partial charge on any atom is -0.361 e. The number of hydrogen-bond donors (Lipinski definition) is 2. The second-order valence-electron chi connectivity index (χ2n) is 5.71. The number of H-pyrrole nitrogens is 1. The second-order valence-corrected chi connectivity index (χ2v) is 6.52. The van der Waals surface area contributed by atoms with E-state index in [4.69, 9.17) is 23.2 Å². The first-order chi connectivity index (χ1) is 12.6. The van der Waals surface area contributed by atoms with Crippen LogP contribution in [-0.4, -0.2) is 17.4 Å². The van der Waals surface area contributed by atoms with Crippen molar-refractivity contribution in [2.75, 3.05) is 6.54 Å². The fourth-order valence-electron chi connectivity index (χ4n) is 2.66. The second kappa shape index (κ2) is 8.09. The maximum Gasteiger partial charge on any atom is 0.261 e. The number of nitrogens with zero attached hydrogens (tertiary/aromatic N) is 1. The Labute approximate surface area is 161 Å². The van der Waals surface area contributed by atoms with Crippen molar-refractivity contribution < 1.29 is 4.79 Å². The summed E-state index contributed by atoms with van der Waals surface area (Å²) in [4.78, 5) is 15.5. The summed E-state index contributed by atoms with van der Waals surface area (Å²) in [7, 11) is 0. The lowest BCUT2D eigenvalue weighted by atomic mass is 10.1. The summed E-state index contributed by atoms with van der Waals surface area (Å²) in [6, 6.07) is 14.8. The highest BCUT2D eigenvalue weighted by Gasteiger charge is 2.10. The Hall–Kier alpha value is -2.74. The van der Waals surface area contributed by atoms with Gasteiger partial charge in [-0.05, 0) is 41.8 Å². The molecule has 0 saturated heterocycles. The van der Waals surface area contributed by atoms with E-state index in [1.807, 2.05) is 36.5 Å². The van der Waals surface area contributed by atoms with Crippen molar-refractivity contribution >= 4 is 46.1 Å². The van der Waals surface area contributed by atoms with Crippen LogP contribution in [0.15, 0.2) is 54.2 Å². The molecule has 26 heavy (non-hydrogen) atoms. The van der Waals surface area contributed by atoms with Gasteiger partial charge in [-0.1, -0.05) is 47.5 Å². The van der Waals surface area contributed by atoms with Crippen molar-refractivity contribution in [2.24, 2.45) is 0 Å². The van der Waals surface area contributed by atoms with Crippen molar-refractivity contribution in [1.82, 2.24) is 10.3 Å². The first-order valence-electron chi connectivity index (χ1n) is 7.98. The fraction of sp³-hybridized carbons (Fsp3) is 0.100. The number of carbonyl (C=O) groups excluding carboxylic acids is 1. The number of halogens is 2. The molecule has 4 nitrogen and oxygen atoms in total. The Morgan fingerprint density at radius 2 is 2.00 bits per heavy atom. The van der Waals surface area contributed by atoms with E-state index in [2.05, 4.69) is 10.3 Å². The van der Waals surface area contributed by atoms with E-state index in [1.165, 1.54) is 6.08 Å². The molecule has 3 rings (SSSR count). The molecule has 130 valence electrons. The lowest BCUT2D eigenvalue weighted by molar-refractivity contribution is -0.117. The first-order valence-corrected chi connectivity index (χ1v) is 8.74. The first kappa shape index (κ1) is 18.1. The van der Waals surface area contributed by atoms with Gasteiger partial charge in [-0.3, -0.25) is 4.79 Å². The highest BCUT2D eigenvalue weighted by atomic mass is 35.5. The van der Waals surface area contributed by atoms with Crippen molar-refractivity contribution in [3.63, 3.8) is 0 Å². The molecule has 1 aromatic heterocycles. The summed E-state index contributed by atoms with van der Waals surface area (Å²) < 4.78 is 0. The Kier molecular flexibility index (Phi) is 5.62. The molecule has 2 aromatic carbocycles. The van der Waals surface area contributed by atoms with Crippen molar-refractivity contribution in [3.05, 3.63) is 75.4 Å². The molecule has 0 radical (unpaired) electrons. The predicted octanol–water partition coefficient (Wildman–Crippen LogP) is 4.74. The Balaban J connectivity index is 1.65. The zero-order valence-electron chi connectivity index (χ0n) is 13.7. The molecule has 0 aliphatic rings. The number of carbonyl (C=O) groups is 1. The standard InChI is InChI=1S/C20H15Cl2N3O/c21-17-6-5-13(10-18(17)22)9-15(11-23)20(26)24-8-7-14-12-25-19-4-2-1-3-16(14)19/h1-6,9-10,12,25H,7-8H2,(H,24,26)/b15-9-. The number of nitrogens with one attached hydrogen (secondary N) is 2. The number of aromatic nitrogens is 1. The van der Waals surface area contributed by atoms with Crippen LogP contribution in [0.1, 0.15) is 11.1 Å². The molecule has 0 bridgehead atoms. The highest BCUT2D eigenvalue weighted by Crippen LogP contribution is 2.23. The summed E-state index contributed by atoms with van der Waals surface area (Å²) in [5, 5.41) is 14.0. The van der Waals surface area contributed by atoms with Crippen LogP contribution in [0.5, 0.6) is 0 Å². The topological polar surface area (TPSA) is 68.7 Å². The molecule has 0 atom stereocenters. The summed E-state index contributed by atoms with van der Waals surface area (Å²) in [6.07, 6.45) is 4.10. The van der Waals surface area contributed by atoms with Crippen LogP contribution in [0.2, 0.25) is 10.0 Å². The summed E-state index contributed by atoms with van der Waals surface area (Å²) in [5.41, 5.74) is 2.84. The zero-order chi connectivity index (χ0) is 18.5. The third kappa shape index (κ3) is 4.08. The lowest BCUT2D eigenvalue weighted by Gasteiger charge is -2.04. The minimum atomic E-state index is -0.418. The molecule has 0 aliphatic carbocycles. The van der Waals surface area contributed by atoms with Gasteiger partial charge >= 0.3 is 0 Å². The van der Waals surface area contributed by atoms with Gasteiger partial charge in [0.2, 0.25) is 0 Å². The van der Waals surface area contributed by atoms with E-state index in [0.717, 1.165) is 16.5 Å². The van der Waals surface area contributed by atoms with Crippen LogP contribution in [0.25, 0.3) is 17.0 Å². The molecule has 0 fully saturated rings. The predicted molar refractivity (Wildman–Crippen MR) is 105 cm³/mol. The van der Waals surface area contributed by atoms with Crippen LogP contribution in [0.3, 0.4) is 0 Å². The van der Waals surface area contributed by atoms with E-state index >= 15 is 0 Å². The molecule has 0 saturated carbocycles. The van der Waals surface area contributed by atoms with Crippen molar-refractivity contribution in [1.29, 1.82) is 5.26 Å². The minimum absolute atomic E-state index is 0.0160. The van der Waals surface area contributed by atoms with Gasteiger partial charge in [0.1, 0.15) is 11.6 Å². The van der Waals surface area contributed by atoms with Gasteiger partial charge in [-0.25, -0.2) is 0 Å². The molecule has 0 spiro atoms. The number of amides is 1. The van der Waals surface area contributed by atoms with Crippen LogP contribution in [-0.2, 0) is 11.2 Å². The fourth-order valence-corrected chi connectivity index (χ4v) is 2.97. The third-order valence-electron chi connectivity index (χ3n) is 3.97. The van der Waals surface area contributed by atoms with Gasteiger partial charge in [-0.2, -0.15) is 5.26 Å². The number of para-hydroxylation sites is 1. The summed E-state index contributed by atoms with van der Waals surface area (Å²) in [5.74, 6) is -0.418. The van der Waals surface area contributed by atoms with Gasteiger partial charge in [0.05, 0.1) is 10.0 Å². The van der Waals surface area contributed by atoms with Gasteiger partial charge in [0.25, 0.3) is 5.91 Å². The number of fused-ring (bicyclic) bond motifs is 1. The van der Waals surface area contributed by atoms with Gasteiger partial charge < -0.3 is 10.3 Å². The van der Waals surface area contributed by atoms with E-state index in [-0.39, 0.29) is 5.57 Å². The molecular formula is C20H15Cl2N3O. The smallest absolute Gasteiger partial charge is 0.261 e. The molecule has 1 heterocycles. The number of benzene rings is 2. The Morgan fingerprint density at radius 1 is 1.19 bits per heavy atom. The Morgan fingerprint density at radius 3 is 2.77 bits per heavy atom. The molecule has 2 N–H and O–H groups in total. The molecule has 6 heteroatoms. The normalized spacial score (nSPS) is 11.3. The monoisotopic (exact) mass is 383 g/mol. The van der Waals surface area contributed by atoms with Crippen LogP contribution >= 0.6 is 23.2 Å². The maximum atomic E-state index is 12.3. The van der Waals surface area contributed by atoms with Gasteiger partial charge in [-0.15, -0.1) is 0 Å². The van der Waals surface area contributed by atoms with E-state index < -0.39 is 5.91 Å². The van der Waals surface area contributed by atoms with E-state index in [0.29, 0.717) is 28.6 Å². The molecule has 0 aliphatic heterocycles. The van der Waals surface area contributed by atoms with Gasteiger partial charge in [0, 0.05) is 23.6 Å². The third-order valence-corrected chi connectivity index (χ3v) is 4.71. The number of aromatic amines is 1. The van der Waals surface area contributed by atoms with E-state index in [1.54, 1.807) is 18.2 Å². The van der Waals surface area contributed by atoms with Crippen LogP contribution in [0, 0.1) is 11.3 Å². The van der Waals surface area contributed by atoms with Crippen molar-refractivity contribution in [2.45, 2.75) is 6.42 Å². The molecule has 1 amide bonds. The summed E-state index contributed by atoms with van der Waals surface area (Å²) >= 11 is 11.8. The average Bonchev–Trinajstić information content (AvgIpc) is 3.06. The highest BCUT2D eigenvalue weighted by molar-refractivity contribution is 6.42.